The molecule has 0 radical (unpaired) electrons. The number of amides is 3. The summed E-state index contributed by atoms with van der Waals surface area (Å²) in [5.74, 6) is -1.06. The summed E-state index contributed by atoms with van der Waals surface area (Å²) in [4.78, 5) is 39.5. The van der Waals surface area contributed by atoms with Crippen molar-refractivity contribution in [2.45, 2.75) is 44.4 Å². The summed E-state index contributed by atoms with van der Waals surface area (Å²) in [5.41, 5.74) is 0.959. The van der Waals surface area contributed by atoms with Crippen LogP contribution in [-0.4, -0.2) is 40.9 Å². The van der Waals surface area contributed by atoms with Crippen LogP contribution in [0.3, 0.4) is 0 Å². The first-order valence-electron chi connectivity index (χ1n) is 10.4. The highest BCUT2D eigenvalue weighted by Crippen LogP contribution is 2.32. The minimum atomic E-state index is -0.737. The third-order valence-corrected chi connectivity index (χ3v) is 6.02. The molecule has 1 saturated heterocycles. The monoisotopic (exact) mass is 424 g/mol. The normalized spacial score (nSPS) is 21.5. The van der Waals surface area contributed by atoms with Gasteiger partial charge in [-0.3, -0.25) is 14.4 Å². The molecule has 31 heavy (non-hydrogen) atoms. The van der Waals surface area contributed by atoms with E-state index in [4.69, 9.17) is 0 Å². The van der Waals surface area contributed by atoms with E-state index in [0.29, 0.717) is 30.5 Å². The van der Waals surface area contributed by atoms with E-state index in [9.17, 15) is 18.8 Å². The first-order valence-corrected chi connectivity index (χ1v) is 10.4. The highest BCUT2D eigenvalue weighted by atomic mass is 19.1. The van der Waals surface area contributed by atoms with E-state index >= 15 is 0 Å². The number of nitrogens with zero attached hydrogens (tertiary/aromatic N) is 1. The summed E-state index contributed by atoms with van der Waals surface area (Å²) in [6, 6.07) is 12.8. The third-order valence-electron chi connectivity index (χ3n) is 6.02. The second-order valence-electron chi connectivity index (χ2n) is 8.03. The zero-order valence-electron chi connectivity index (χ0n) is 17.3. The van der Waals surface area contributed by atoms with Gasteiger partial charge in [-0.2, -0.15) is 0 Å². The van der Waals surface area contributed by atoms with E-state index in [1.54, 1.807) is 37.3 Å². The van der Waals surface area contributed by atoms with Gasteiger partial charge in [-0.15, -0.1) is 0 Å². The lowest BCUT2D eigenvalue weighted by molar-refractivity contribution is -0.139. The molecule has 7 nitrogen and oxygen atoms in total. The molecule has 2 aliphatic heterocycles. The molecule has 2 heterocycles. The van der Waals surface area contributed by atoms with Gasteiger partial charge in [0.1, 0.15) is 17.5 Å². The Kier molecular flexibility index (Phi) is 5.63. The van der Waals surface area contributed by atoms with Crippen LogP contribution < -0.4 is 16.0 Å². The maximum atomic E-state index is 13.8. The molecule has 3 N–H and O–H groups in total. The van der Waals surface area contributed by atoms with Gasteiger partial charge in [0.2, 0.25) is 11.8 Å². The third kappa shape index (κ3) is 4.23. The number of carbonyl (C=O) groups is 3. The number of benzene rings is 2. The van der Waals surface area contributed by atoms with Gasteiger partial charge in [-0.25, -0.2) is 4.39 Å². The molecule has 0 aromatic heterocycles. The molecule has 2 atom stereocenters. The number of hydrogen-bond donors (Lipinski definition) is 3. The van der Waals surface area contributed by atoms with Crippen LogP contribution in [0.4, 0.5) is 10.1 Å². The Balaban J connectivity index is 1.43. The van der Waals surface area contributed by atoms with Gasteiger partial charge in [-0.1, -0.05) is 30.3 Å². The number of hydrogen-bond acceptors (Lipinski definition) is 4. The van der Waals surface area contributed by atoms with E-state index in [2.05, 4.69) is 16.0 Å². The fourth-order valence-corrected chi connectivity index (χ4v) is 4.16. The highest BCUT2D eigenvalue weighted by molar-refractivity contribution is 6.02. The zero-order valence-corrected chi connectivity index (χ0v) is 17.3. The van der Waals surface area contributed by atoms with Crippen molar-refractivity contribution in [1.82, 2.24) is 15.5 Å². The number of anilines is 1. The van der Waals surface area contributed by atoms with Gasteiger partial charge in [0.05, 0.1) is 5.56 Å². The molecular formula is C23H25FN4O3. The minimum absolute atomic E-state index is 0.0518. The zero-order chi connectivity index (χ0) is 22.0. The standard InChI is InChI=1S/C23H25FN4O3/c1-15(21(30)25-14-16-6-2-4-8-18(16)24)28-13-12-23(11-10-20(28)29)26-19-9-5-3-7-17(19)22(31)27-23/h2-9,15,26H,10-14H2,1H3,(H,25,30)(H,27,31)/t15-,23+/m1/s1. The molecule has 1 fully saturated rings. The van der Waals surface area contributed by atoms with E-state index < -0.39 is 11.7 Å². The van der Waals surface area contributed by atoms with Crippen LogP contribution in [0.2, 0.25) is 0 Å². The topological polar surface area (TPSA) is 90.5 Å². The van der Waals surface area contributed by atoms with Crippen molar-refractivity contribution < 1.29 is 18.8 Å². The van der Waals surface area contributed by atoms with Gasteiger partial charge in [-0.05, 0) is 31.5 Å². The average molecular weight is 424 g/mol. The minimum Gasteiger partial charge on any atom is -0.362 e. The Morgan fingerprint density at radius 3 is 2.68 bits per heavy atom. The van der Waals surface area contributed by atoms with Crippen molar-refractivity contribution >= 4 is 23.4 Å². The van der Waals surface area contributed by atoms with Gasteiger partial charge in [0.15, 0.2) is 0 Å². The first kappa shape index (κ1) is 20.8. The molecule has 4 rings (SSSR count). The van der Waals surface area contributed by atoms with Crippen molar-refractivity contribution in [3.05, 3.63) is 65.5 Å². The van der Waals surface area contributed by atoms with E-state index in [-0.39, 0.29) is 36.5 Å². The van der Waals surface area contributed by atoms with Crippen LogP contribution in [-0.2, 0) is 16.1 Å². The fraction of sp³-hybridized carbons (Fsp3) is 0.348. The SMILES string of the molecule is C[C@H](C(=O)NCc1ccccc1F)N1CC[C@]2(CCC1=O)NC(=O)c1ccccc1N2. The number of para-hydroxylation sites is 1. The van der Waals surface area contributed by atoms with Crippen molar-refractivity contribution in [2.75, 3.05) is 11.9 Å². The molecule has 0 aliphatic carbocycles. The van der Waals surface area contributed by atoms with Crippen LogP contribution in [0, 0.1) is 5.82 Å². The molecule has 162 valence electrons. The lowest BCUT2D eigenvalue weighted by atomic mass is 9.95. The molecule has 2 aromatic carbocycles. The number of nitrogens with one attached hydrogen (secondary N) is 3. The summed E-state index contributed by atoms with van der Waals surface area (Å²) in [5, 5.41) is 9.12. The van der Waals surface area contributed by atoms with Crippen molar-refractivity contribution in [3.8, 4) is 0 Å². The lowest BCUT2D eigenvalue weighted by Crippen LogP contribution is -2.58. The van der Waals surface area contributed by atoms with E-state index in [0.717, 1.165) is 5.69 Å². The maximum Gasteiger partial charge on any atom is 0.255 e. The van der Waals surface area contributed by atoms with Crippen LogP contribution >= 0.6 is 0 Å². The molecule has 2 aromatic rings. The summed E-state index contributed by atoms with van der Waals surface area (Å²) >= 11 is 0. The average Bonchev–Trinajstić information content (AvgIpc) is 2.91. The molecule has 1 spiro atoms. The van der Waals surface area contributed by atoms with Crippen molar-refractivity contribution in [2.24, 2.45) is 0 Å². The van der Waals surface area contributed by atoms with Crippen LogP contribution in [0.15, 0.2) is 48.5 Å². The Bertz CT molecular complexity index is 1030. The molecule has 0 saturated carbocycles. The number of likely N-dealkylation sites (tertiary alicyclic amines) is 1. The summed E-state index contributed by atoms with van der Waals surface area (Å²) in [6.07, 6.45) is 1.08. The van der Waals surface area contributed by atoms with Crippen molar-refractivity contribution in [3.63, 3.8) is 0 Å². The van der Waals surface area contributed by atoms with Gasteiger partial charge in [0, 0.05) is 37.2 Å². The number of halogens is 1. The summed E-state index contributed by atoms with van der Waals surface area (Å²) in [6.45, 7) is 2.02. The molecular weight excluding hydrogens is 399 g/mol. The predicted molar refractivity (Wildman–Crippen MR) is 114 cm³/mol. The van der Waals surface area contributed by atoms with E-state index in [1.807, 2.05) is 12.1 Å². The van der Waals surface area contributed by atoms with Crippen molar-refractivity contribution in [1.29, 1.82) is 0 Å². The Hall–Kier alpha value is -3.42. The molecule has 0 unspecified atom stereocenters. The lowest BCUT2D eigenvalue weighted by Gasteiger charge is -2.40. The summed E-state index contributed by atoms with van der Waals surface area (Å²) < 4.78 is 13.8. The quantitative estimate of drug-likeness (QED) is 0.703. The highest BCUT2D eigenvalue weighted by Gasteiger charge is 2.41. The molecule has 8 heteroatoms. The molecule has 3 amide bonds. The number of carbonyl (C=O) groups excluding carboxylic acids is 3. The van der Waals surface area contributed by atoms with Crippen LogP contribution in [0.1, 0.15) is 42.1 Å². The number of fused-ring (bicyclic) bond motifs is 1. The van der Waals surface area contributed by atoms with Crippen LogP contribution in [0.25, 0.3) is 0 Å². The fourth-order valence-electron chi connectivity index (χ4n) is 4.16. The second kappa shape index (κ2) is 8.37. The molecule has 0 bridgehead atoms. The number of rotatable bonds is 4. The predicted octanol–water partition coefficient (Wildman–Crippen LogP) is 2.39. The second-order valence-corrected chi connectivity index (χ2v) is 8.03. The first-order chi connectivity index (χ1) is 14.9. The van der Waals surface area contributed by atoms with Gasteiger partial charge >= 0.3 is 0 Å². The molecule has 2 aliphatic rings. The maximum absolute atomic E-state index is 13.8. The Labute approximate surface area is 180 Å². The smallest absolute Gasteiger partial charge is 0.255 e. The van der Waals surface area contributed by atoms with E-state index in [1.165, 1.54) is 11.0 Å². The Morgan fingerprint density at radius 1 is 1.13 bits per heavy atom. The largest absolute Gasteiger partial charge is 0.362 e. The Morgan fingerprint density at radius 2 is 1.87 bits per heavy atom. The van der Waals surface area contributed by atoms with Gasteiger partial charge < -0.3 is 20.9 Å². The summed E-state index contributed by atoms with van der Waals surface area (Å²) in [7, 11) is 0. The van der Waals surface area contributed by atoms with Crippen LogP contribution in [0.5, 0.6) is 0 Å². The van der Waals surface area contributed by atoms with Gasteiger partial charge in [0.25, 0.3) is 5.91 Å².